The fraction of sp³-hybridized carbons (Fsp3) is 0.270. The number of H-pyrrole nitrogens is 1. The Morgan fingerprint density at radius 3 is 2.50 bits per heavy atom. The van der Waals surface area contributed by atoms with Crippen molar-refractivity contribution in [1.82, 2.24) is 45.4 Å². The molecule has 0 bridgehead atoms. The molecule has 5 heterocycles. The number of carbonyl (C=O) groups is 2. The summed E-state index contributed by atoms with van der Waals surface area (Å²) < 4.78 is 7.56. The van der Waals surface area contributed by atoms with Crippen LogP contribution in [0.4, 0.5) is 16.3 Å². The third kappa shape index (κ3) is 5.21. The molecule has 0 radical (unpaired) electrons. The number of hydrogen-bond acceptors (Lipinski definition) is 9. The minimum Gasteiger partial charge on any atom is -0.448 e. The fourth-order valence-electron chi connectivity index (χ4n) is 7.73. The average Bonchev–Trinajstić information content (AvgIpc) is 4.00. The second-order valence-electron chi connectivity index (χ2n) is 13.0. The van der Waals surface area contributed by atoms with Crippen LogP contribution in [0.3, 0.4) is 0 Å². The molecule has 1 fully saturated rings. The number of anilines is 2. The van der Waals surface area contributed by atoms with E-state index in [4.69, 9.17) is 4.74 Å². The van der Waals surface area contributed by atoms with Gasteiger partial charge in [0.2, 0.25) is 0 Å². The quantitative estimate of drug-likeness (QED) is 0.224. The topological polar surface area (TPSA) is 147 Å². The van der Waals surface area contributed by atoms with Crippen LogP contribution in [0, 0.1) is 0 Å². The van der Waals surface area contributed by atoms with E-state index in [2.05, 4.69) is 77.1 Å². The highest BCUT2D eigenvalue weighted by Crippen LogP contribution is 2.45. The molecule has 9 rings (SSSR count). The third-order valence-electron chi connectivity index (χ3n) is 10.2. The molecule has 0 saturated carbocycles. The number of para-hydroxylation sites is 1. The number of amides is 2. The lowest BCUT2D eigenvalue weighted by Crippen LogP contribution is -2.31. The van der Waals surface area contributed by atoms with Crippen LogP contribution in [0.25, 0.3) is 22.2 Å². The highest BCUT2D eigenvalue weighted by Gasteiger charge is 2.34. The van der Waals surface area contributed by atoms with Crippen molar-refractivity contribution in [2.75, 3.05) is 37.7 Å². The Labute approximate surface area is 287 Å². The van der Waals surface area contributed by atoms with Gasteiger partial charge in [0.25, 0.3) is 5.91 Å². The Hall–Kier alpha value is -6.11. The minimum absolute atomic E-state index is 0.00932. The fourth-order valence-corrected chi connectivity index (χ4v) is 7.73. The largest absolute Gasteiger partial charge is 0.448 e. The van der Waals surface area contributed by atoms with Crippen LogP contribution in [-0.4, -0.2) is 84.8 Å². The zero-order valence-electron chi connectivity index (χ0n) is 27.1. The van der Waals surface area contributed by atoms with Crippen molar-refractivity contribution in [3.05, 3.63) is 114 Å². The van der Waals surface area contributed by atoms with Crippen molar-refractivity contribution in [2.24, 2.45) is 0 Å². The lowest BCUT2D eigenvalue weighted by molar-refractivity contribution is 0.0946. The van der Waals surface area contributed by atoms with Gasteiger partial charge in [0.05, 0.1) is 23.8 Å². The van der Waals surface area contributed by atoms with Gasteiger partial charge in [-0.25, -0.2) is 19.4 Å². The summed E-state index contributed by atoms with van der Waals surface area (Å²) in [6.45, 7) is 2.47. The first-order valence-corrected chi connectivity index (χ1v) is 16.9. The molecule has 2 N–H and O–H groups in total. The molecule has 3 aromatic carbocycles. The molecule has 50 heavy (non-hydrogen) atoms. The van der Waals surface area contributed by atoms with Gasteiger partial charge in [0.1, 0.15) is 18.8 Å². The molecule has 2 amide bonds. The summed E-state index contributed by atoms with van der Waals surface area (Å²) in [6, 6.07) is 24.8. The van der Waals surface area contributed by atoms with Crippen molar-refractivity contribution in [1.29, 1.82) is 0 Å². The van der Waals surface area contributed by atoms with Gasteiger partial charge in [0, 0.05) is 43.7 Å². The van der Waals surface area contributed by atoms with E-state index in [1.807, 2.05) is 36.4 Å². The van der Waals surface area contributed by atoms with Crippen molar-refractivity contribution < 1.29 is 14.3 Å². The number of nitrogens with one attached hydrogen (secondary N) is 2. The third-order valence-corrected chi connectivity index (χ3v) is 10.2. The first-order chi connectivity index (χ1) is 24.6. The van der Waals surface area contributed by atoms with Gasteiger partial charge in [-0.2, -0.15) is 5.10 Å². The molecule has 3 aromatic heterocycles. The zero-order valence-corrected chi connectivity index (χ0v) is 27.1. The normalized spacial score (nSPS) is 17.9. The highest BCUT2D eigenvalue weighted by molar-refractivity contribution is 5.92. The SMILES string of the molecule is O=C(NCCC1CN(c2ncnc3[nH]ncc23)c2ccccc21)c1cn(C2CCN(C(=O)OCC3c4ccccc4-c4ccccc43)C2)nn1. The number of benzene rings is 3. The Kier molecular flexibility index (Phi) is 7.44. The van der Waals surface area contributed by atoms with Crippen LogP contribution in [0.2, 0.25) is 0 Å². The van der Waals surface area contributed by atoms with Gasteiger partial charge in [-0.05, 0) is 46.7 Å². The van der Waals surface area contributed by atoms with E-state index in [0.29, 0.717) is 31.7 Å². The summed E-state index contributed by atoms with van der Waals surface area (Å²) in [5, 5.41) is 19.4. The molecule has 3 aliphatic rings. The lowest BCUT2D eigenvalue weighted by atomic mass is 9.98. The number of carbonyl (C=O) groups excluding carboxylic acids is 2. The summed E-state index contributed by atoms with van der Waals surface area (Å²) in [5.74, 6) is 0.738. The first-order valence-electron chi connectivity index (χ1n) is 16.9. The van der Waals surface area contributed by atoms with E-state index in [-0.39, 0.29) is 42.2 Å². The smallest absolute Gasteiger partial charge is 0.409 e. The maximum absolute atomic E-state index is 13.1. The molecular weight excluding hydrogens is 632 g/mol. The van der Waals surface area contributed by atoms with E-state index < -0.39 is 0 Å². The summed E-state index contributed by atoms with van der Waals surface area (Å²) in [4.78, 5) is 39.0. The summed E-state index contributed by atoms with van der Waals surface area (Å²) >= 11 is 0. The van der Waals surface area contributed by atoms with E-state index in [9.17, 15) is 9.59 Å². The summed E-state index contributed by atoms with van der Waals surface area (Å²) in [5.41, 5.74) is 8.01. The Balaban J connectivity index is 0.788. The second kappa shape index (κ2) is 12.4. The molecule has 2 unspecified atom stereocenters. The molecule has 1 aliphatic carbocycles. The van der Waals surface area contributed by atoms with Gasteiger partial charge in [-0.15, -0.1) is 5.10 Å². The molecule has 1 saturated heterocycles. The average molecular weight is 667 g/mol. The number of nitrogens with zero attached hydrogens (tertiary/aromatic N) is 8. The van der Waals surface area contributed by atoms with E-state index in [0.717, 1.165) is 29.9 Å². The van der Waals surface area contributed by atoms with Crippen molar-refractivity contribution >= 4 is 34.5 Å². The molecule has 13 nitrogen and oxygen atoms in total. The number of aromatic amines is 1. The first kappa shape index (κ1) is 30.0. The maximum atomic E-state index is 13.1. The molecule has 6 aromatic rings. The number of hydrogen-bond donors (Lipinski definition) is 2. The highest BCUT2D eigenvalue weighted by atomic mass is 16.6. The predicted octanol–water partition coefficient (Wildman–Crippen LogP) is 5.20. The monoisotopic (exact) mass is 666 g/mol. The van der Waals surface area contributed by atoms with Crippen molar-refractivity contribution in [2.45, 2.75) is 30.7 Å². The van der Waals surface area contributed by atoms with Gasteiger partial charge in [-0.1, -0.05) is 71.9 Å². The molecular formula is C37H34N10O3. The number of rotatable bonds is 8. The molecule has 2 atom stereocenters. The predicted molar refractivity (Wildman–Crippen MR) is 185 cm³/mol. The molecule has 2 aliphatic heterocycles. The maximum Gasteiger partial charge on any atom is 0.409 e. The van der Waals surface area contributed by atoms with Gasteiger partial charge in [-0.3, -0.25) is 9.89 Å². The minimum atomic E-state index is -0.339. The van der Waals surface area contributed by atoms with Crippen LogP contribution >= 0.6 is 0 Å². The van der Waals surface area contributed by atoms with Gasteiger partial charge in [0.15, 0.2) is 11.3 Å². The Morgan fingerprint density at radius 1 is 0.920 bits per heavy atom. The van der Waals surface area contributed by atoms with Crippen LogP contribution in [0.5, 0.6) is 0 Å². The second-order valence-corrected chi connectivity index (χ2v) is 13.0. The van der Waals surface area contributed by atoms with Gasteiger partial charge >= 0.3 is 6.09 Å². The number of aromatic nitrogens is 7. The standard InChI is InChI=1S/C37H34N10O3/c48-36(38-15-13-23-18-46(33-12-6-5-7-25(23)33)35-30-17-41-43-34(30)39-22-40-35)32-20-47(44-42-32)24-14-16-45(19-24)37(49)50-21-31-28-10-3-1-8-26(28)27-9-2-4-11-29(27)31/h1-12,17,20,22-24,31H,13-16,18-19,21H2,(H,38,48)(H,39,40,41,43). The van der Waals surface area contributed by atoms with Gasteiger partial charge < -0.3 is 19.9 Å². The van der Waals surface area contributed by atoms with Crippen LogP contribution < -0.4 is 10.2 Å². The van der Waals surface area contributed by atoms with Crippen molar-refractivity contribution in [3.8, 4) is 11.1 Å². The number of ether oxygens (including phenoxy) is 1. The van der Waals surface area contributed by atoms with E-state index in [1.165, 1.54) is 27.8 Å². The van der Waals surface area contributed by atoms with Crippen molar-refractivity contribution in [3.63, 3.8) is 0 Å². The molecule has 0 spiro atoms. The zero-order chi connectivity index (χ0) is 33.6. The summed E-state index contributed by atoms with van der Waals surface area (Å²) in [7, 11) is 0. The Bertz CT molecular complexity index is 2180. The van der Waals surface area contributed by atoms with Crippen LogP contribution in [0.15, 0.2) is 91.5 Å². The van der Waals surface area contributed by atoms with E-state index >= 15 is 0 Å². The van der Waals surface area contributed by atoms with E-state index in [1.54, 1.807) is 28.3 Å². The summed E-state index contributed by atoms with van der Waals surface area (Å²) in [6.07, 6.45) is 6.06. The van der Waals surface area contributed by atoms with Crippen LogP contribution in [0.1, 0.15) is 57.9 Å². The lowest BCUT2D eigenvalue weighted by Gasteiger charge is -2.19. The molecule has 13 heteroatoms. The molecule has 250 valence electrons. The number of fused-ring (bicyclic) bond motifs is 5. The number of likely N-dealkylation sites (tertiary alicyclic amines) is 1. The van der Waals surface area contributed by atoms with Crippen LogP contribution in [-0.2, 0) is 4.74 Å². The Morgan fingerprint density at radius 2 is 1.68 bits per heavy atom.